The molecule has 0 bridgehead atoms. The minimum absolute atomic E-state index is 0.101. The van der Waals surface area contributed by atoms with Gasteiger partial charge >= 0.3 is 0 Å². The van der Waals surface area contributed by atoms with Gasteiger partial charge in [0, 0.05) is 43.2 Å². The normalized spacial score (nSPS) is 18.2. The fourth-order valence-corrected chi connectivity index (χ4v) is 4.98. The summed E-state index contributed by atoms with van der Waals surface area (Å²) in [6.45, 7) is 4.81. The van der Waals surface area contributed by atoms with E-state index in [9.17, 15) is 9.59 Å². The van der Waals surface area contributed by atoms with E-state index in [1.165, 1.54) is 49.8 Å². The molecule has 1 aromatic carbocycles. The van der Waals surface area contributed by atoms with Gasteiger partial charge in [-0.05, 0) is 37.3 Å². The van der Waals surface area contributed by atoms with Crippen LogP contribution in [0.25, 0.3) is 0 Å². The Kier molecular flexibility index (Phi) is 6.62. The number of nitrogens with zero attached hydrogens (tertiary/aromatic N) is 3. The maximum Gasteiger partial charge on any atom is 0.246 e. The molecule has 0 radical (unpaired) electrons. The number of anilines is 1. The summed E-state index contributed by atoms with van der Waals surface area (Å²) in [6, 6.07) is 7.96. The molecule has 1 saturated carbocycles. The third-order valence-corrected chi connectivity index (χ3v) is 6.93. The Labute approximate surface area is 182 Å². The molecule has 1 saturated heterocycles. The molecule has 1 aromatic heterocycles. The molecule has 0 spiro atoms. The van der Waals surface area contributed by atoms with Gasteiger partial charge in [0.2, 0.25) is 5.91 Å². The van der Waals surface area contributed by atoms with Crippen LogP contribution in [-0.2, 0) is 4.79 Å². The van der Waals surface area contributed by atoms with Crippen LogP contribution in [0, 0.1) is 6.92 Å². The van der Waals surface area contributed by atoms with Gasteiger partial charge < -0.3 is 9.80 Å². The van der Waals surface area contributed by atoms with Crippen molar-refractivity contribution in [2.45, 2.75) is 44.9 Å². The Bertz CT molecular complexity index is 905. The van der Waals surface area contributed by atoms with Gasteiger partial charge in [-0.25, -0.2) is 4.98 Å². The van der Waals surface area contributed by atoms with Crippen molar-refractivity contribution in [3.63, 3.8) is 0 Å². The van der Waals surface area contributed by atoms with Crippen molar-refractivity contribution < 1.29 is 9.59 Å². The second-order valence-electron chi connectivity index (χ2n) is 8.19. The van der Waals surface area contributed by atoms with Crippen LogP contribution in [0.1, 0.15) is 59.0 Å². The first-order valence-corrected chi connectivity index (χ1v) is 11.8. The number of allylic oxidation sites excluding steroid dienone is 1. The van der Waals surface area contributed by atoms with Crippen molar-refractivity contribution in [2.24, 2.45) is 0 Å². The number of aryl methyl sites for hydroxylation is 1. The summed E-state index contributed by atoms with van der Waals surface area (Å²) in [4.78, 5) is 33.5. The summed E-state index contributed by atoms with van der Waals surface area (Å²) in [5.41, 5.74) is 1.97. The summed E-state index contributed by atoms with van der Waals surface area (Å²) in [5, 5.41) is 3.11. The van der Waals surface area contributed by atoms with Crippen molar-refractivity contribution in [1.82, 2.24) is 9.88 Å². The smallest absolute Gasteiger partial charge is 0.246 e. The van der Waals surface area contributed by atoms with Gasteiger partial charge in [0.1, 0.15) is 5.82 Å². The predicted octanol–water partition coefficient (Wildman–Crippen LogP) is 4.59. The largest absolute Gasteiger partial charge is 0.352 e. The second-order valence-corrected chi connectivity index (χ2v) is 9.25. The first-order chi connectivity index (χ1) is 14.6. The number of hydrogen-bond donors (Lipinski definition) is 0. The summed E-state index contributed by atoms with van der Waals surface area (Å²) in [7, 11) is 0. The van der Waals surface area contributed by atoms with E-state index >= 15 is 0 Å². The van der Waals surface area contributed by atoms with E-state index in [2.05, 4.69) is 27.4 Å². The SMILES string of the molecule is Cc1nc(N2CCN(C(=O)/C=C/C(=O)c3ccc(C4CCCCC4)cc3)CC2)cs1. The molecule has 1 aliphatic heterocycles. The lowest BCUT2D eigenvalue weighted by Gasteiger charge is -2.34. The lowest BCUT2D eigenvalue weighted by Crippen LogP contribution is -2.48. The van der Waals surface area contributed by atoms with Gasteiger partial charge in [-0.1, -0.05) is 43.5 Å². The van der Waals surface area contributed by atoms with Crippen LogP contribution in [0.4, 0.5) is 5.82 Å². The Hall–Kier alpha value is -2.47. The zero-order valence-corrected chi connectivity index (χ0v) is 18.4. The van der Waals surface area contributed by atoms with E-state index in [1.807, 2.05) is 19.1 Å². The van der Waals surface area contributed by atoms with Crippen molar-refractivity contribution in [2.75, 3.05) is 31.1 Å². The van der Waals surface area contributed by atoms with Gasteiger partial charge in [-0.2, -0.15) is 0 Å². The highest BCUT2D eigenvalue weighted by atomic mass is 32.1. The molecule has 5 nitrogen and oxygen atoms in total. The van der Waals surface area contributed by atoms with Crippen molar-refractivity contribution in [1.29, 1.82) is 0 Å². The van der Waals surface area contributed by atoms with E-state index in [1.54, 1.807) is 16.2 Å². The van der Waals surface area contributed by atoms with E-state index in [4.69, 9.17) is 0 Å². The minimum Gasteiger partial charge on any atom is -0.352 e. The Morgan fingerprint density at radius 2 is 1.70 bits per heavy atom. The first-order valence-electron chi connectivity index (χ1n) is 10.9. The van der Waals surface area contributed by atoms with Gasteiger partial charge in [0.25, 0.3) is 0 Å². The highest BCUT2D eigenvalue weighted by molar-refractivity contribution is 7.09. The molecule has 0 atom stereocenters. The fourth-order valence-electron chi connectivity index (χ4n) is 4.36. The number of benzene rings is 1. The molecule has 2 heterocycles. The van der Waals surface area contributed by atoms with Crippen LogP contribution in [0.3, 0.4) is 0 Å². The van der Waals surface area contributed by atoms with Crippen molar-refractivity contribution >= 4 is 28.8 Å². The number of hydrogen-bond acceptors (Lipinski definition) is 5. The number of piperazine rings is 1. The molecule has 2 aliphatic rings. The van der Waals surface area contributed by atoms with Crippen LogP contribution in [-0.4, -0.2) is 47.8 Å². The van der Waals surface area contributed by atoms with E-state index < -0.39 is 0 Å². The van der Waals surface area contributed by atoms with Crippen molar-refractivity contribution in [3.05, 3.63) is 57.9 Å². The Morgan fingerprint density at radius 3 is 2.33 bits per heavy atom. The van der Waals surface area contributed by atoms with Crippen LogP contribution >= 0.6 is 11.3 Å². The average molecular weight is 424 g/mol. The summed E-state index contributed by atoms with van der Waals surface area (Å²) in [6.07, 6.45) is 9.26. The number of carbonyl (C=O) groups excluding carboxylic acids is 2. The molecule has 4 rings (SSSR count). The molecule has 2 aromatic rings. The quantitative estimate of drug-likeness (QED) is 0.521. The summed E-state index contributed by atoms with van der Waals surface area (Å²) >= 11 is 1.64. The summed E-state index contributed by atoms with van der Waals surface area (Å²) < 4.78 is 0. The van der Waals surface area contributed by atoms with E-state index in [0.717, 1.165) is 23.9 Å². The topological polar surface area (TPSA) is 53.5 Å². The zero-order chi connectivity index (χ0) is 20.9. The third-order valence-electron chi connectivity index (χ3n) is 6.17. The predicted molar refractivity (Wildman–Crippen MR) is 121 cm³/mol. The number of aromatic nitrogens is 1. The van der Waals surface area contributed by atoms with E-state index in [0.29, 0.717) is 24.6 Å². The van der Waals surface area contributed by atoms with Crippen LogP contribution < -0.4 is 4.90 Å². The molecule has 2 fully saturated rings. The lowest BCUT2D eigenvalue weighted by molar-refractivity contribution is -0.126. The van der Waals surface area contributed by atoms with Gasteiger partial charge in [0.15, 0.2) is 5.78 Å². The number of amides is 1. The standard InChI is InChI=1S/C24H29N3O2S/c1-18-25-23(17-30-18)26-13-15-27(16-14-26)24(29)12-11-22(28)21-9-7-20(8-10-21)19-5-3-2-4-6-19/h7-12,17,19H,2-6,13-16H2,1H3/b12-11+. The monoisotopic (exact) mass is 423 g/mol. The van der Waals surface area contributed by atoms with Crippen LogP contribution in [0.5, 0.6) is 0 Å². The van der Waals surface area contributed by atoms with Gasteiger partial charge in [-0.15, -0.1) is 11.3 Å². The Morgan fingerprint density at radius 1 is 1.00 bits per heavy atom. The second kappa shape index (κ2) is 9.56. The van der Waals surface area contributed by atoms with E-state index in [-0.39, 0.29) is 11.7 Å². The number of ketones is 1. The molecular weight excluding hydrogens is 394 g/mol. The highest BCUT2D eigenvalue weighted by Gasteiger charge is 2.21. The number of rotatable bonds is 5. The highest BCUT2D eigenvalue weighted by Crippen LogP contribution is 2.32. The van der Waals surface area contributed by atoms with Gasteiger partial charge in [-0.3, -0.25) is 9.59 Å². The van der Waals surface area contributed by atoms with Crippen LogP contribution in [0.2, 0.25) is 0 Å². The third kappa shape index (κ3) is 4.98. The number of thiazole rings is 1. The molecule has 1 aliphatic carbocycles. The maximum absolute atomic E-state index is 12.5. The number of carbonyl (C=O) groups is 2. The molecule has 6 heteroatoms. The molecule has 0 unspecified atom stereocenters. The summed E-state index contributed by atoms with van der Waals surface area (Å²) in [5.74, 6) is 1.41. The zero-order valence-electron chi connectivity index (χ0n) is 17.5. The fraction of sp³-hybridized carbons (Fsp3) is 0.458. The van der Waals surface area contributed by atoms with Crippen LogP contribution in [0.15, 0.2) is 41.8 Å². The molecule has 158 valence electrons. The molecule has 0 N–H and O–H groups in total. The van der Waals surface area contributed by atoms with Crippen molar-refractivity contribution in [3.8, 4) is 0 Å². The Balaban J connectivity index is 1.29. The molecule has 1 amide bonds. The molecule has 30 heavy (non-hydrogen) atoms. The maximum atomic E-state index is 12.5. The lowest BCUT2D eigenvalue weighted by atomic mass is 9.84. The molecular formula is C24H29N3O2S. The first kappa shape index (κ1) is 20.8. The minimum atomic E-state index is -0.116. The average Bonchev–Trinajstić information content (AvgIpc) is 3.24. The van der Waals surface area contributed by atoms with Gasteiger partial charge in [0.05, 0.1) is 5.01 Å².